The first-order chi connectivity index (χ1) is 7.09. The molecule has 0 aliphatic carbocycles. The summed E-state index contributed by atoms with van der Waals surface area (Å²) in [5.74, 6) is 0.257. The van der Waals surface area contributed by atoms with Gasteiger partial charge in [-0.1, -0.05) is 25.6 Å². The van der Waals surface area contributed by atoms with Gasteiger partial charge in [-0.2, -0.15) is 0 Å². The summed E-state index contributed by atoms with van der Waals surface area (Å²) >= 11 is 1.42. The second-order valence-corrected chi connectivity index (χ2v) is 4.37. The van der Waals surface area contributed by atoms with E-state index in [2.05, 4.69) is 0 Å². The van der Waals surface area contributed by atoms with E-state index in [4.69, 9.17) is 9.84 Å². The van der Waals surface area contributed by atoms with Crippen molar-refractivity contribution in [3.8, 4) is 5.75 Å². The van der Waals surface area contributed by atoms with Crippen molar-refractivity contribution < 1.29 is 14.6 Å². The fourth-order valence-electron chi connectivity index (χ4n) is 0.865. The zero-order valence-corrected chi connectivity index (χ0v) is 9.58. The lowest BCUT2D eigenvalue weighted by Gasteiger charge is -2.06. The quantitative estimate of drug-likeness (QED) is 0.487. The van der Waals surface area contributed by atoms with Gasteiger partial charge in [-0.3, -0.25) is 4.79 Å². The van der Waals surface area contributed by atoms with E-state index < -0.39 is 0 Å². The van der Waals surface area contributed by atoms with E-state index in [9.17, 15) is 4.79 Å². The van der Waals surface area contributed by atoms with Crippen LogP contribution in [0.1, 0.15) is 13.8 Å². The van der Waals surface area contributed by atoms with Gasteiger partial charge in [-0.15, -0.1) is 0 Å². The monoisotopic (exact) mass is 226 g/mol. The van der Waals surface area contributed by atoms with E-state index in [1.165, 1.54) is 11.8 Å². The van der Waals surface area contributed by atoms with Gasteiger partial charge in [0.05, 0.1) is 5.92 Å². The van der Waals surface area contributed by atoms with Crippen molar-refractivity contribution in [3.63, 3.8) is 0 Å². The van der Waals surface area contributed by atoms with Gasteiger partial charge in [-0.05, 0) is 24.3 Å². The summed E-state index contributed by atoms with van der Waals surface area (Å²) < 4.78 is 5.00. The summed E-state index contributed by atoms with van der Waals surface area (Å²) in [5.41, 5.74) is 0. The summed E-state index contributed by atoms with van der Waals surface area (Å²) in [6.45, 7) is 3.60. The molecular weight excluding hydrogens is 212 g/mol. The minimum Gasteiger partial charge on any atom is -0.508 e. The standard InChI is InChI=1S/C11H14O3S/c1-8(2)11(13)14-7-15-10-5-3-9(12)4-6-10/h3-6,8,12H,7H2,1-2H3. The molecule has 0 amide bonds. The lowest BCUT2D eigenvalue weighted by atomic mass is 10.2. The Bertz CT molecular complexity index is 319. The second-order valence-electron chi connectivity index (χ2n) is 3.37. The van der Waals surface area contributed by atoms with Crippen molar-refractivity contribution >= 4 is 17.7 Å². The number of benzene rings is 1. The molecule has 0 spiro atoms. The Morgan fingerprint density at radius 2 is 2.00 bits per heavy atom. The zero-order valence-electron chi connectivity index (χ0n) is 8.77. The summed E-state index contributed by atoms with van der Waals surface area (Å²) in [4.78, 5) is 12.1. The molecule has 0 saturated heterocycles. The highest BCUT2D eigenvalue weighted by Crippen LogP contribution is 2.20. The molecular formula is C11H14O3S. The third-order valence-corrected chi connectivity index (χ3v) is 2.58. The SMILES string of the molecule is CC(C)C(=O)OCSc1ccc(O)cc1. The van der Waals surface area contributed by atoms with Gasteiger partial charge in [0.1, 0.15) is 11.7 Å². The Kier molecular flexibility index (Phi) is 4.49. The maximum atomic E-state index is 11.1. The van der Waals surface area contributed by atoms with Gasteiger partial charge in [0.2, 0.25) is 0 Å². The number of ether oxygens (including phenoxy) is 1. The maximum absolute atomic E-state index is 11.1. The number of aromatic hydroxyl groups is 1. The summed E-state index contributed by atoms with van der Waals surface area (Å²) in [6.07, 6.45) is 0. The van der Waals surface area contributed by atoms with Crippen molar-refractivity contribution in [1.29, 1.82) is 0 Å². The van der Waals surface area contributed by atoms with Gasteiger partial charge in [0.15, 0.2) is 0 Å². The molecule has 0 aliphatic rings. The van der Waals surface area contributed by atoms with E-state index in [0.717, 1.165) is 4.90 Å². The number of hydrogen-bond donors (Lipinski definition) is 1. The highest BCUT2D eigenvalue weighted by Gasteiger charge is 2.07. The van der Waals surface area contributed by atoms with E-state index in [0.29, 0.717) is 5.94 Å². The highest BCUT2D eigenvalue weighted by molar-refractivity contribution is 7.99. The summed E-state index contributed by atoms with van der Waals surface area (Å²) in [6, 6.07) is 6.77. The molecule has 0 atom stereocenters. The molecule has 0 aromatic heterocycles. The Morgan fingerprint density at radius 3 is 2.53 bits per heavy atom. The molecule has 4 heteroatoms. The molecule has 0 saturated carbocycles. The molecule has 15 heavy (non-hydrogen) atoms. The van der Waals surface area contributed by atoms with Crippen LogP contribution in [-0.2, 0) is 9.53 Å². The van der Waals surface area contributed by atoms with E-state index >= 15 is 0 Å². The van der Waals surface area contributed by atoms with Gasteiger partial charge in [0.25, 0.3) is 0 Å². The first kappa shape index (κ1) is 11.9. The van der Waals surface area contributed by atoms with Crippen LogP contribution >= 0.6 is 11.8 Å². The summed E-state index contributed by atoms with van der Waals surface area (Å²) in [7, 11) is 0. The zero-order chi connectivity index (χ0) is 11.3. The van der Waals surface area contributed by atoms with Crippen LogP contribution in [0.3, 0.4) is 0 Å². The molecule has 1 aromatic rings. The lowest BCUT2D eigenvalue weighted by molar-refractivity contribution is -0.144. The first-order valence-corrected chi connectivity index (χ1v) is 5.66. The average molecular weight is 226 g/mol. The number of hydrogen-bond acceptors (Lipinski definition) is 4. The number of phenols is 1. The van der Waals surface area contributed by atoms with Crippen LogP contribution in [0.15, 0.2) is 29.2 Å². The average Bonchev–Trinajstić information content (AvgIpc) is 2.20. The Labute approximate surface area is 93.4 Å². The maximum Gasteiger partial charge on any atom is 0.309 e. The van der Waals surface area contributed by atoms with Gasteiger partial charge < -0.3 is 9.84 Å². The number of thioether (sulfide) groups is 1. The van der Waals surface area contributed by atoms with E-state index in [1.807, 2.05) is 0 Å². The Hall–Kier alpha value is -1.16. The molecule has 1 N–H and O–H groups in total. The van der Waals surface area contributed by atoms with Crippen LogP contribution in [0.5, 0.6) is 5.75 Å². The molecule has 3 nitrogen and oxygen atoms in total. The lowest BCUT2D eigenvalue weighted by Crippen LogP contribution is -2.10. The smallest absolute Gasteiger partial charge is 0.309 e. The number of carbonyl (C=O) groups excluding carboxylic acids is 1. The molecule has 0 unspecified atom stereocenters. The van der Waals surface area contributed by atoms with Crippen LogP contribution in [0.2, 0.25) is 0 Å². The fourth-order valence-corrected chi connectivity index (χ4v) is 1.50. The minimum atomic E-state index is -0.193. The molecule has 0 bridgehead atoms. The predicted molar refractivity (Wildman–Crippen MR) is 59.8 cm³/mol. The number of phenolic OH excluding ortho intramolecular Hbond substituents is 1. The first-order valence-electron chi connectivity index (χ1n) is 4.68. The van der Waals surface area contributed by atoms with E-state index in [-0.39, 0.29) is 17.6 Å². The van der Waals surface area contributed by atoms with E-state index in [1.54, 1.807) is 38.1 Å². The number of rotatable bonds is 4. The third-order valence-electron chi connectivity index (χ3n) is 1.73. The molecule has 1 aromatic carbocycles. The second kappa shape index (κ2) is 5.66. The van der Waals surface area contributed by atoms with Gasteiger partial charge >= 0.3 is 5.97 Å². The molecule has 0 fully saturated rings. The molecule has 82 valence electrons. The minimum absolute atomic E-state index is 0.0922. The van der Waals surface area contributed by atoms with Crippen LogP contribution in [0.4, 0.5) is 0 Å². The predicted octanol–water partition coefficient (Wildman–Crippen LogP) is 2.64. The van der Waals surface area contributed by atoms with Crippen molar-refractivity contribution in [2.45, 2.75) is 18.7 Å². The molecule has 0 heterocycles. The van der Waals surface area contributed by atoms with Gasteiger partial charge in [-0.25, -0.2) is 0 Å². The van der Waals surface area contributed by atoms with Gasteiger partial charge in [0, 0.05) is 4.90 Å². The van der Waals surface area contributed by atoms with Crippen molar-refractivity contribution in [1.82, 2.24) is 0 Å². The number of carbonyl (C=O) groups is 1. The molecule has 0 aliphatic heterocycles. The molecule has 0 radical (unpaired) electrons. The topological polar surface area (TPSA) is 46.5 Å². The van der Waals surface area contributed by atoms with Crippen LogP contribution in [0.25, 0.3) is 0 Å². The molecule has 1 rings (SSSR count). The third kappa shape index (κ3) is 4.25. The Morgan fingerprint density at radius 1 is 1.40 bits per heavy atom. The number of esters is 1. The normalized spacial score (nSPS) is 10.3. The van der Waals surface area contributed by atoms with Crippen LogP contribution in [0, 0.1) is 5.92 Å². The Balaban J connectivity index is 2.32. The van der Waals surface area contributed by atoms with Crippen LogP contribution in [-0.4, -0.2) is 17.0 Å². The largest absolute Gasteiger partial charge is 0.508 e. The van der Waals surface area contributed by atoms with Crippen LogP contribution < -0.4 is 0 Å². The summed E-state index contributed by atoms with van der Waals surface area (Å²) in [5, 5.41) is 9.05. The highest BCUT2D eigenvalue weighted by atomic mass is 32.2. The van der Waals surface area contributed by atoms with Crippen molar-refractivity contribution in [3.05, 3.63) is 24.3 Å². The van der Waals surface area contributed by atoms with Crippen molar-refractivity contribution in [2.75, 3.05) is 5.94 Å². The van der Waals surface area contributed by atoms with Crippen molar-refractivity contribution in [2.24, 2.45) is 5.92 Å². The fraction of sp³-hybridized carbons (Fsp3) is 0.364.